The molecule has 0 aliphatic heterocycles. The van der Waals surface area contributed by atoms with Gasteiger partial charge in [0.2, 0.25) is 0 Å². The number of carbonyl (C=O) groups is 1. The number of halogens is 3. The van der Waals surface area contributed by atoms with E-state index < -0.39 is 12.1 Å². The van der Waals surface area contributed by atoms with Crippen LogP contribution >= 0.6 is 0 Å². The highest BCUT2D eigenvalue weighted by Crippen LogP contribution is 2.23. The molecule has 0 saturated carbocycles. The van der Waals surface area contributed by atoms with E-state index in [4.69, 9.17) is 4.74 Å². The molecule has 0 spiro atoms. The van der Waals surface area contributed by atoms with Crippen molar-refractivity contribution >= 4 is 12.0 Å². The predicted octanol–water partition coefficient (Wildman–Crippen LogP) is 3.06. The monoisotopic (exact) mass is 260 g/mol. The number of alkyl halides is 3. The second kappa shape index (κ2) is 5.57. The minimum atomic E-state index is -4.38. The SMILES string of the molecule is COC(=O)c1ccc(C=CC(F)(F)F)cc1OC. The Morgan fingerprint density at radius 3 is 2.44 bits per heavy atom. The normalized spacial score (nSPS) is 11.6. The van der Waals surface area contributed by atoms with Crippen LogP contribution in [0.5, 0.6) is 5.75 Å². The molecular weight excluding hydrogens is 249 g/mol. The van der Waals surface area contributed by atoms with Gasteiger partial charge in [-0.25, -0.2) is 4.79 Å². The van der Waals surface area contributed by atoms with Gasteiger partial charge < -0.3 is 9.47 Å². The Balaban J connectivity index is 3.06. The third-order valence-electron chi connectivity index (χ3n) is 2.10. The second-order valence-corrected chi connectivity index (χ2v) is 3.33. The van der Waals surface area contributed by atoms with Gasteiger partial charge in [0.25, 0.3) is 0 Å². The molecule has 0 radical (unpaired) electrons. The number of esters is 1. The molecule has 98 valence electrons. The molecule has 1 rings (SSSR count). The maximum atomic E-state index is 12.0. The standard InChI is InChI=1S/C12H11F3O3/c1-17-10-7-8(5-6-12(13,14)15)3-4-9(10)11(16)18-2/h3-7H,1-2H3. The Hall–Kier alpha value is -1.98. The van der Waals surface area contributed by atoms with Gasteiger partial charge in [-0.05, 0) is 23.8 Å². The highest BCUT2D eigenvalue weighted by Gasteiger charge is 2.22. The first kappa shape index (κ1) is 14.1. The summed E-state index contributed by atoms with van der Waals surface area (Å²) in [5, 5.41) is 0. The second-order valence-electron chi connectivity index (χ2n) is 3.33. The number of methoxy groups -OCH3 is 2. The van der Waals surface area contributed by atoms with Crippen molar-refractivity contribution in [3.63, 3.8) is 0 Å². The maximum absolute atomic E-state index is 12.0. The lowest BCUT2D eigenvalue weighted by Gasteiger charge is -2.07. The number of ether oxygens (including phenoxy) is 2. The smallest absolute Gasteiger partial charge is 0.409 e. The van der Waals surface area contributed by atoms with Crippen molar-refractivity contribution < 1.29 is 27.4 Å². The van der Waals surface area contributed by atoms with Gasteiger partial charge in [-0.1, -0.05) is 6.07 Å². The van der Waals surface area contributed by atoms with E-state index in [-0.39, 0.29) is 23.0 Å². The fourth-order valence-electron chi connectivity index (χ4n) is 1.28. The zero-order valence-electron chi connectivity index (χ0n) is 9.75. The molecule has 18 heavy (non-hydrogen) atoms. The van der Waals surface area contributed by atoms with E-state index in [2.05, 4.69) is 4.74 Å². The maximum Gasteiger partial charge on any atom is 0.409 e. The van der Waals surface area contributed by atoms with E-state index in [1.807, 2.05) is 0 Å². The Labute approximate surface area is 102 Å². The van der Waals surface area contributed by atoms with Crippen LogP contribution in [0.2, 0.25) is 0 Å². The lowest BCUT2D eigenvalue weighted by atomic mass is 10.1. The molecule has 0 bridgehead atoms. The molecule has 0 N–H and O–H groups in total. The molecule has 1 aromatic rings. The molecule has 0 amide bonds. The predicted molar refractivity (Wildman–Crippen MR) is 59.4 cm³/mol. The Morgan fingerprint density at radius 1 is 1.28 bits per heavy atom. The van der Waals surface area contributed by atoms with Gasteiger partial charge >= 0.3 is 12.1 Å². The minimum absolute atomic E-state index is 0.111. The summed E-state index contributed by atoms with van der Waals surface area (Å²) in [4.78, 5) is 11.3. The number of benzene rings is 1. The van der Waals surface area contributed by atoms with Crippen molar-refractivity contribution in [1.29, 1.82) is 0 Å². The van der Waals surface area contributed by atoms with E-state index in [9.17, 15) is 18.0 Å². The number of allylic oxidation sites excluding steroid dienone is 1. The number of hydrogen-bond donors (Lipinski definition) is 0. The molecule has 3 nitrogen and oxygen atoms in total. The van der Waals surface area contributed by atoms with Gasteiger partial charge in [-0.2, -0.15) is 13.2 Å². The van der Waals surface area contributed by atoms with Gasteiger partial charge in [0.05, 0.1) is 14.2 Å². The summed E-state index contributed by atoms with van der Waals surface area (Å²) in [5.41, 5.74) is 0.431. The molecule has 0 aliphatic carbocycles. The van der Waals surface area contributed by atoms with Gasteiger partial charge in [-0.3, -0.25) is 0 Å². The first-order valence-corrected chi connectivity index (χ1v) is 4.89. The summed E-state index contributed by atoms with van der Waals surface area (Å²) in [5.74, 6) is -0.454. The van der Waals surface area contributed by atoms with Gasteiger partial charge in [0, 0.05) is 6.08 Å². The van der Waals surface area contributed by atoms with Gasteiger partial charge in [0.1, 0.15) is 11.3 Å². The molecule has 0 fully saturated rings. The van der Waals surface area contributed by atoms with Crippen LogP contribution in [0.3, 0.4) is 0 Å². The van der Waals surface area contributed by atoms with E-state index in [1.54, 1.807) is 0 Å². The molecule has 0 atom stereocenters. The van der Waals surface area contributed by atoms with E-state index >= 15 is 0 Å². The van der Waals surface area contributed by atoms with Crippen LogP contribution in [0.4, 0.5) is 13.2 Å². The number of rotatable bonds is 3. The van der Waals surface area contributed by atoms with E-state index in [1.165, 1.54) is 32.4 Å². The fourth-order valence-corrected chi connectivity index (χ4v) is 1.28. The molecule has 0 aromatic heterocycles. The molecule has 0 heterocycles. The Morgan fingerprint density at radius 2 is 1.94 bits per heavy atom. The summed E-state index contributed by atoms with van der Waals surface area (Å²) >= 11 is 0. The first-order valence-electron chi connectivity index (χ1n) is 4.89. The Bertz CT molecular complexity index is 464. The van der Waals surface area contributed by atoms with Crippen molar-refractivity contribution in [2.45, 2.75) is 6.18 Å². The van der Waals surface area contributed by atoms with Crippen LogP contribution in [0.15, 0.2) is 24.3 Å². The van der Waals surface area contributed by atoms with Crippen molar-refractivity contribution in [1.82, 2.24) is 0 Å². The molecule has 0 aliphatic rings. The van der Waals surface area contributed by atoms with Crippen LogP contribution in [0, 0.1) is 0 Å². The molecule has 1 aromatic carbocycles. The van der Waals surface area contributed by atoms with Crippen molar-refractivity contribution in [2.24, 2.45) is 0 Å². The molecular formula is C12H11F3O3. The fraction of sp³-hybridized carbons (Fsp3) is 0.250. The molecule has 0 unspecified atom stereocenters. The minimum Gasteiger partial charge on any atom is -0.496 e. The van der Waals surface area contributed by atoms with Crippen molar-refractivity contribution in [2.75, 3.05) is 14.2 Å². The Kier molecular flexibility index (Phi) is 4.36. The van der Waals surface area contributed by atoms with Crippen LogP contribution < -0.4 is 4.74 Å². The summed E-state index contributed by atoms with van der Waals surface area (Å²) < 4.78 is 45.4. The average Bonchev–Trinajstić information content (AvgIpc) is 2.34. The third-order valence-corrected chi connectivity index (χ3v) is 2.10. The zero-order chi connectivity index (χ0) is 13.8. The first-order chi connectivity index (χ1) is 8.37. The van der Waals surface area contributed by atoms with Crippen LogP contribution in [-0.2, 0) is 4.74 Å². The van der Waals surface area contributed by atoms with Crippen LogP contribution in [-0.4, -0.2) is 26.4 Å². The quantitative estimate of drug-likeness (QED) is 0.783. The summed E-state index contributed by atoms with van der Waals surface area (Å²) in [6.07, 6.45) is -3.38. The van der Waals surface area contributed by atoms with Gasteiger partial charge in [-0.15, -0.1) is 0 Å². The van der Waals surface area contributed by atoms with E-state index in [0.29, 0.717) is 0 Å². The number of carbonyl (C=O) groups excluding carboxylic acids is 1. The third kappa shape index (κ3) is 3.80. The van der Waals surface area contributed by atoms with E-state index in [0.717, 1.165) is 6.08 Å². The number of hydrogen-bond acceptors (Lipinski definition) is 3. The lowest BCUT2D eigenvalue weighted by Crippen LogP contribution is -2.04. The summed E-state index contributed by atoms with van der Waals surface area (Å²) in [6.45, 7) is 0. The largest absolute Gasteiger partial charge is 0.496 e. The average molecular weight is 260 g/mol. The van der Waals surface area contributed by atoms with Crippen molar-refractivity contribution in [3.8, 4) is 5.75 Å². The zero-order valence-corrected chi connectivity index (χ0v) is 9.75. The van der Waals surface area contributed by atoms with Crippen LogP contribution in [0.25, 0.3) is 6.08 Å². The van der Waals surface area contributed by atoms with Gasteiger partial charge in [0.15, 0.2) is 0 Å². The van der Waals surface area contributed by atoms with Crippen LogP contribution in [0.1, 0.15) is 15.9 Å². The topological polar surface area (TPSA) is 35.5 Å². The summed E-state index contributed by atoms with van der Waals surface area (Å²) in [7, 11) is 2.53. The highest BCUT2D eigenvalue weighted by atomic mass is 19.4. The highest BCUT2D eigenvalue weighted by molar-refractivity contribution is 5.92. The molecule has 6 heteroatoms. The molecule has 0 saturated heterocycles. The summed E-state index contributed by atoms with van der Waals surface area (Å²) in [6, 6.07) is 4.05. The lowest BCUT2D eigenvalue weighted by molar-refractivity contribution is -0.0790. The van der Waals surface area contributed by atoms with Crippen molar-refractivity contribution in [3.05, 3.63) is 35.4 Å².